The summed E-state index contributed by atoms with van der Waals surface area (Å²) in [4.78, 5) is 8.93. The molecule has 1 atom stereocenters. The molecule has 1 aromatic carbocycles. The van der Waals surface area contributed by atoms with E-state index in [1.54, 1.807) is 6.07 Å². The van der Waals surface area contributed by atoms with Crippen LogP contribution in [0, 0.1) is 12.7 Å². The first-order chi connectivity index (χ1) is 10.0. The van der Waals surface area contributed by atoms with E-state index in [1.165, 1.54) is 12.1 Å². The van der Waals surface area contributed by atoms with Crippen LogP contribution in [0.25, 0.3) is 0 Å². The highest BCUT2D eigenvalue weighted by atomic mass is 35.5. The molecule has 5 heteroatoms. The Kier molecular flexibility index (Phi) is 5.26. The highest BCUT2D eigenvalue weighted by Crippen LogP contribution is 2.20. The van der Waals surface area contributed by atoms with Gasteiger partial charge in [0.2, 0.25) is 0 Å². The van der Waals surface area contributed by atoms with E-state index in [9.17, 15) is 4.39 Å². The van der Waals surface area contributed by atoms with Gasteiger partial charge in [0.25, 0.3) is 0 Å². The fourth-order valence-electron chi connectivity index (χ4n) is 2.29. The normalized spacial score (nSPS) is 12.4. The summed E-state index contributed by atoms with van der Waals surface area (Å²) in [5, 5.41) is 3.75. The second kappa shape index (κ2) is 6.96. The minimum absolute atomic E-state index is 0.221. The minimum Gasteiger partial charge on any atom is -0.310 e. The van der Waals surface area contributed by atoms with Gasteiger partial charge in [-0.25, -0.2) is 14.4 Å². The van der Waals surface area contributed by atoms with E-state index >= 15 is 0 Å². The summed E-state index contributed by atoms with van der Waals surface area (Å²) < 4.78 is 13.0. The molecule has 0 fully saturated rings. The third kappa shape index (κ3) is 3.99. The van der Waals surface area contributed by atoms with Gasteiger partial charge >= 0.3 is 0 Å². The van der Waals surface area contributed by atoms with Gasteiger partial charge in [0, 0.05) is 34.9 Å². The van der Waals surface area contributed by atoms with Crippen LogP contribution in [-0.4, -0.2) is 16.5 Å². The quantitative estimate of drug-likeness (QED) is 0.912. The first-order valence-electron chi connectivity index (χ1n) is 7.01. The molecule has 1 aromatic heterocycles. The average Bonchev–Trinajstić information content (AvgIpc) is 2.42. The zero-order chi connectivity index (χ0) is 15.4. The summed E-state index contributed by atoms with van der Waals surface area (Å²) in [5.41, 5.74) is 2.86. The van der Waals surface area contributed by atoms with Crippen LogP contribution in [0.2, 0.25) is 5.02 Å². The Labute approximate surface area is 129 Å². The van der Waals surface area contributed by atoms with Crippen molar-refractivity contribution < 1.29 is 4.39 Å². The molecule has 0 amide bonds. The molecule has 0 aliphatic heterocycles. The van der Waals surface area contributed by atoms with Crippen molar-refractivity contribution in [1.82, 2.24) is 15.3 Å². The van der Waals surface area contributed by atoms with Crippen molar-refractivity contribution in [2.24, 2.45) is 0 Å². The zero-order valence-electron chi connectivity index (χ0n) is 12.5. The number of hydrogen-bond acceptors (Lipinski definition) is 3. The van der Waals surface area contributed by atoms with E-state index in [1.807, 2.05) is 13.1 Å². The van der Waals surface area contributed by atoms with Crippen LogP contribution >= 0.6 is 11.6 Å². The maximum absolute atomic E-state index is 13.0. The van der Waals surface area contributed by atoms with Crippen LogP contribution < -0.4 is 5.32 Å². The Morgan fingerprint density at radius 1 is 1.38 bits per heavy atom. The molecule has 1 heterocycles. The number of nitrogens with one attached hydrogen (secondary N) is 1. The molecule has 0 saturated heterocycles. The summed E-state index contributed by atoms with van der Waals surface area (Å²) in [6.07, 6.45) is 2.35. The third-order valence-corrected chi connectivity index (χ3v) is 3.76. The lowest BCUT2D eigenvalue weighted by atomic mass is 10.1. The molecular weight excluding hydrogens is 289 g/mol. The summed E-state index contributed by atoms with van der Waals surface area (Å²) in [5.74, 6) is 0.351. The van der Waals surface area contributed by atoms with Gasteiger partial charge in [-0.3, -0.25) is 0 Å². The molecule has 1 N–H and O–H groups in total. The fourth-order valence-corrected chi connectivity index (χ4v) is 2.52. The highest BCUT2D eigenvalue weighted by Gasteiger charge is 2.11. The minimum atomic E-state index is -0.337. The number of nitrogens with zero attached hydrogens (tertiary/aromatic N) is 2. The van der Waals surface area contributed by atoms with Gasteiger partial charge in [0.15, 0.2) is 0 Å². The van der Waals surface area contributed by atoms with Crippen molar-refractivity contribution in [3.05, 3.63) is 57.9 Å². The zero-order valence-corrected chi connectivity index (χ0v) is 13.2. The van der Waals surface area contributed by atoms with Gasteiger partial charge in [0.1, 0.15) is 11.6 Å². The molecule has 0 bridgehead atoms. The van der Waals surface area contributed by atoms with Crippen LogP contribution in [-0.2, 0) is 6.42 Å². The van der Waals surface area contributed by atoms with Crippen molar-refractivity contribution in [1.29, 1.82) is 0 Å². The van der Waals surface area contributed by atoms with E-state index in [-0.39, 0.29) is 11.9 Å². The van der Waals surface area contributed by atoms with Crippen LogP contribution in [0.1, 0.15) is 42.5 Å². The van der Waals surface area contributed by atoms with E-state index in [0.717, 1.165) is 23.4 Å². The molecular formula is C16H19ClFN3. The molecule has 112 valence electrons. The molecule has 2 aromatic rings. The highest BCUT2D eigenvalue weighted by molar-refractivity contribution is 6.31. The average molecular weight is 308 g/mol. The third-order valence-electron chi connectivity index (χ3n) is 3.41. The second-order valence-corrected chi connectivity index (χ2v) is 5.43. The fraction of sp³-hybridized carbons (Fsp3) is 0.375. The van der Waals surface area contributed by atoms with Gasteiger partial charge in [-0.1, -0.05) is 24.6 Å². The van der Waals surface area contributed by atoms with Crippen LogP contribution in [0.5, 0.6) is 0 Å². The Hall–Kier alpha value is -1.52. The standard InChI is InChI=1S/C16H19ClFN3/c1-4-19-10(2)14-9-20-16(21-11(14)3)7-12-5-6-13(18)8-15(12)17/h5-6,8-10,19H,4,7H2,1-3H3. The monoisotopic (exact) mass is 307 g/mol. The molecule has 0 saturated carbocycles. The van der Waals surface area contributed by atoms with Gasteiger partial charge in [-0.05, 0) is 38.1 Å². The molecule has 0 spiro atoms. The molecule has 2 rings (SSSR count). The first-order valence-corrected chi connectivity index (χ1v) is 7.38. The van der Waals surface area contributed by atoms with Gasteiger partial charge in [-0.15, -0.1) is 0 Å². The maximum Gasteiger partial charge on any atom is 0.132 e. The summed E-state index contributed by atoms with van der Waals surface area (Å²) >= 11 is 6.04. The summed E-state index contributed by atoms with van der Waals surface area (Å²) in [7, 11) is 0. The van der Waals surface area contributed by atoms with Crippen LogP contribution in [0.15, 0.2) is 24.4 Å². The molecule has 1 unspecified atom stereocenters. The Morgan fingerprint density at radius 2 is 2.14 bits per heavy atom. The second-order valence-electron chi connectivity index (χ2n) is 5.02. The van der Waals surface area contributed by atoms with E-state index in [4.69, 9.17) is 11.6 Å². The van der Waals surface area contributed by atoms with Gasteiger partial charge in [-0.2, -0.15) is 0 Å². The molecule has 21 heavy (non-hydrogen) atoms. The maximum atomic E-state index is 13.0. The van der Waals surface area contributed by atoms with Gasteiger partial charge in [0.05, 0.1) is 0 Å². The molecule has 0 aliphatic rings. The van der Waals surface area contributed by atoms with E-state index in [2.05, 4.69) is 29.1 Å². The van der Waals surface area contributed by atoms with Gasteiger partial charge < -0.3 is 5.32 Å². The lowest BCUT2D eigenvalue weighted by Gasteiger charge is -2.15. The summed E-state index contributed by atoms with van der Waals surface area (Å²) in [6, 6.07) is 4.60. The summed E-state index contributed by atoms with van der Waals surface area (Å²) in [6.45, 7) is 7.03. The van der Waals surface area contributed by atoms with Crippen LogP contribution in [0.3, 0.4) is 0 Å². The topological polar surface area (TPSA) is 37.8 Å². The molecule has 0 aliphatic carbocycles. The Morgan fingerprint density at radius 3 is 2.76 bits per heavy atom. The first kappa shape index (κ1) is 15.9. The Balaban J connectivity index is 2.20. The molecule has 0 radical (unpaired) electrons. The van der Waals surface area contributed by atoms with Crippen molar-refractivity contribution in [3.63, 3.8) is 0 Å². The van der Waals surface area contributed by atoms with Crippen molar-refractivity contribution in [2.75, 3.05) is 6.54 Å². The van der Waals surface area contributed by atoms with E-state index in [0.29, 0.717) is 17.3 Å². The van der Waals surface area contributed by atoms with E-state index < -0.39 is 0 Å². The molecule has 3 nitrogen and oxygen atoms in total. The van der Waals surface area contributed by atoms with Crippen molar-refractivity contribution in [3.8, 4) is 0 Å². The van der Waals surface area contributed by atoms with Crippen LogP contribution in [0.4, 0.5) is 4.39 Å². The number of halogens is 2. The number of hydrogen-bond donors (Lipinski definition) is 1. The lowest BCUT2D eigenvalue weighted by Crippen LogP contribution is -2.19. The number of aromatic nitrogens is 2. The Bertz CT molecular complexity index is 631. The van der Waals surface area contributed by atoms with Crippen molar-refractivity contribution in [2.45, 2.75) is 33.2 Å². The number of benzene rings is 1. The SMILES string of the molecule is CCNC(C)c1cnc(Cc2ccc(F)cc2Cl)nc1C. The van der Waals surface area contributed by atoms with Crippen molar-refractivity contribution >= 4 is 11.6 Å². The predicted molar refractivity (Wildman–Crippen MR) is 83.1 cm³/mol. The number of aryl methyl sites for hydroxylation is 1. The number of rotatable bonds is 5. The lowest BCUT2D eigenvalue weighted by molar-refractivity contribution is 0.588. The predicted octanol–water partition coefficient (Wildman–Crippen LogP) is 3.84. The largest absolute Gasteiger partial charge is 0.310 e. The smallest absolute Gasteiger partial charge is 0.132 e.